The van der Waals surface area contributed by atoms with Crippen LogP contribution < -0.4 is 0 Å². The minimum Gasteiger partial charge on any atom is -0.382 e. The zero-order valence-corrected chi connectivity index (χ0v) is 13.2. The summed E-state index contributed by atoms with van der Waals surface area (Å²) in [6.45, 7) is 2.98. The number of nitrogens with zero attached hydrogens (tertiary/aromatic N) is 1. The van der Waals surface area contributed by atoms with Crippen LogP contribution in [0.2, 0.25) is 0 Å². The number of benzene rings is 2. The molecule has 1 atom stereocenters. The number of hydrogen-bond acceptors (Lipinski definition) is 4. The molecule has 0 N–H and O–H groups in total. The summed E-state index contributed by atoms with van der Waals surface area (Å²) in [5.74, 6) is -0.525. The molecule has 5 heteroatoms. The van der Waals surface area contributed by atoms with Crippen molar-refractivity contribution < 1.29 is 19.1 Å². The smallest absolute Gasteiger partial charge is 0.261 e. The molecule has 0 bridgehead atoms. The maximum atomic E-state index is 12.7. The summed E-state index contributed by atoms with van der Waals surface area (Å²) in [5.41, 5.74) is 1.14. The van der Waals surface area contributed by atoms with Crippen molar-refractivity contribution in [1.29, 1.82) is 0 Å². The lowest BCUT2D eigenvalue weighted by atomic mass is 9.94. The molecule has 152 valence electrons. The predicted molar refractivity (Wildman–Crippen MR) is 114 cm³/mol. The first-order valence-electron chi connectivity index (χ1n) is 7.62. The number of methoxy groups -OCH3 is 1. The summed E-state index contributed by atoms with van der Waals surface area (Å²) >= 11 is 0. The van der Waals surface area contributed by atoms with Crippen LogP contribution in [0.4, 0.5) is 0 Å². The van der Waals surface area contributed by atoms with Crippen molar-refractivity contribution in [3.63, 3.8) is 0 Å². The van der Waals surface area contributed by atoms with E-state index >= 15 is 0 Å². The standard InChI is InChI=1S/C18H19NO4.4CH4/c1-12(23-10-9-22-2)11-19-17(20)14-7-3-5-13-6-4-8-15(16(13)14)18(19)21;;;;/h3-8,12H,9-11H2,1-2H3;4*1H4. The van der Waals surface area contributed by atoms with Gasteiger partial charge in [0, 0.05) is 23.6 Å². The van der Waals surface area contributed by atoms with Gasteiger partial charge in [0.1, 0.15) is 0 Å². The molecule has 0 saturated carbocycles. The van der Waals surface area contributed by atoms with Gasteiger partial charge in [-0.25, -0.2) is 0 Å². The van der Waals surface area contributed by atoms with Gasteiger partial charge in [-0.3, -0.25) is 14.5 Å². The minimum atomic E-state index is -0.263. The fourth-order valence-corrected chi connectivity index (χ4v) is 2.89. The highest BCUT2D eigenvalue weighted by Crippen LogP contribution is 2.30. The van der Waals surface area contributed by atoms with Gasteiger partial charge in [0.15, 0.2) is 0 Å². The van der Waals surface area contributed by atoms with Crippen LogP contribution in [-0.4, -0.2) is 49.7 Å². The van der Waals surface area contributed by atoms with E-state index in [2.05, 4.69) is 0 Å². The van der Waals surface area contributed by atoms with Gasteiger partial charge in [-0.1, -0.05) is 54.0 Å². The highest BCUT2D eigenvalue weighted by molar-refractivity contribution is 6.25. The molecule has 1 aliphatic heterocycles. The molecule has 5 nitrogen and oxygen atoms in total. The molecule has 0 spiro atoms. The molecular formula is C22H35NO4. The van der Waals surface area contributed by atoms with Crippen LogP contribution >= 0.6 is 0 Å². The average Bonchev–Trinajstić information content (AvgIpc) is 2.56. The van der Waals surface area contributed by atoms with E-state index in [-0.39, 0.29) is 54.2 Å². The Bertz CT molecular complexity index is 706. The fourth-order valence-electron chi connectivity index (χ4n) is 2.89. The Morgan fingerprint density at radius 3 is 1.89 bits per heavy atom. The third kappa shape index (κ3) is 5.15. The van der Waals surface area contributed by atoms with Crippen molar-refractivity contribution in [3.8, 4) is 0 Å². The number of ether oxygens (including phenoxy) is 2. The first kappa shape index (κ1) is 27.0. The summed E-state index contributed by atoms with van der Waals surface area (Å²) in [6, 6.07) is 11.0. The zero-order valence-electron chi connectivity index (χ0n) is 13.2. The molecule has 27 heavy (non-hydrogen) atoms. The van der Waals surface area contributed by atoms with E-state index in [0.717, 1.165) is 10.8 Å². The number of hydrogen-bond donors (Lipinski definition) is 0. The van der Waals surface area contributed by atoms with E-state index in [0.29, 0.717) is 24.3 Å². The van der Waals surface area contributed by atoms with Crippen LogP contribution in [0.3, 0.4) is 0 Å². The van der Waals surface area contributed by atoms with Crippen molar-refractivity contribution >= 4 is 22.6 Å². The molecule has 1 unspecified atom stereocenters. The average molecular weight is 378 g/mol. The first-order chi connectivity index (χ1) is 11.1. The lowest BCUT2D eigenvalue weighted by Gasteiger charge is -2.29. The second-order valence-corrected chi connectivity index (χ2v) is 5.60. The van der Waals surface area contributed by atoms with Crippen LogP contribution in [0.25, 0.3) is 10.8 Å². The largest absolute Gasteiger partial charge is 0.382 e. The van der Waals surface area contributed by atoms with Crippen LogP contribution in [0.15, 0.2) is 36.4 Å². The maximum absolute atomic E-state index is 12.7. The van der Waals surface area contributed by atoms with Crippen molar-refractivity contribution in [2.45, 2.75) is 42.7 Å². The van der Waals surface area contributed by atoms with Gasteiger partial charge in [0.2, 0.25) is 0 Å². The third-order valence-electron chi connectivity index (χ3n) is 3.99. The quantitative estimate of drug-likeness (QED) is 0.523. The monoisotopic (exact) mass is 377 g/mol. The fraction of sp³-hybridized carbons (Fsp3) is 0.455. The van der Waals surface area contributed by atoms with Gasteiger partial charge in [-0.2, -0.15) is 0 Å². The highest BCUT2D eigenvalue weighted by atomic mass is 16.5. The van der Waals surface area contributed by atoms with Gasteiger partial charge in [-0.05, 0) is 24.4 Å². The molecule has 3 rings (SSSR count). The molecular weight excluding hydrogens is 342 g/mol. The van der Waals surface area contributed by atoms with Gasteiger partial charge in [-0.15, -0.1) is 0 Å². The molecule has 0 radical (unpaired) electrons. The van der Waals surface area contributed by atoms with E-state index in [1.807, 2.05) is 31.2 Å². The Morgan fingerprint density at radius 1 is 0.889 bits per heavy atom. The lowest BCUT2D eigenvalue weighted by molar-refractivity contribution is 0.00930. The number of imide groups is 1. The maximum Gasteiger partial charge on any atom is 0.261 e. The zero-order chi connectivity index (χ0) is 16.4. The Kier molecular flexibility index (Phi) is 11.5. The third-order valence-corrected chi connectivity index (χ3v) is 3.99. The molecule has 0 aromatic heterocycles. The molecule has 0 saturated heterocycles. The van der Waals surface area contributed by atoms with Crippen LogP contribution in [0, 0.1) is 0 Å². The number of carbonyl (C=O) groups is 2. The second kappa shape index (κ2) is 11.5. The van der Waals surface area contributed by atoms with E-state index in [4.69, 9.17) is 9.47 Å². The number of amides is 2. The molecule has 1 heterocycles. The van der Waals surface area contributed by atoms with Gasteiger partial charge < -0.3 is 9.47 Å². The van der Waals surface area contributed by atoms with Gasteiger partial charge in [0.25, 0.3) is 11.8 Å². The molecule has 0 aliphatic carbocycles. The van der Waals surface area contributed by atoms with Crippen LogP contribution in [0.5, 0.6) is 0 Å². The molecule has 2 aromatic carbocycles. The Hall–Kier alpha value is -2.24. The predicted octanol–water partition coefficient (Wildman–Crippen LogP) is 5.03. The molecule has 2 aromatic rings. The van der Waals surface area contributed by atoms with Crippen LogP contribution in [-0.2, 0) is 9.47 Å². The Morgan fingerprint density at radius 2 is 1.41 bits per heavy atom. The highest BCUT2D eigenvalue weighted by Gasteiger charge is 2.33. The Labute approximate surface area is 164 Å². The number of rotatable bonds is 6. The van der Waals surface area contributed by atoms with E-state index < -0.39 is 0 Å². The van der Waals surface area contributed by atoms with E-state index in [9.17, 15) is 9.59 Å². The Balaban J connectivity index is 0. The summed E-state index contributed by atoms with van der Waals surface area (Å²) in [7, 11) is 1.60. The summed E-state index contributed by atoms with van der Waals surface area (Å²) < 4.78 is 10.5. The molecule has 0 fully saturated rings. The second-order valence-electron chi connectivity index (χ2n) is 5.60. The summed E-state index contributed by atoms with van der Waals surface area (Å²) in [6.07, 6.45) is -0.248. The minimum absolute atomic E-state index is 0. The molecule has 2 amide bonds. The van der Waals surface area contributed by atoms with Crippen molar-refractivity contribution in [2.24, 2.45) is 0 Å². The van der Waals surface area contributed by atoms with Crippen molar-refractivity contribution in [1.82, 2.24) is 4.90 Å². The number of carbonyl (C=O) groups excluding carboxylic acids is 2. The van der Waals surface area contributed by atoms with E-state index in [1.165, 1.54) is 4.90 Å². The molecule has 1 aliphatic rings. The van der Waals surface area contributed by atoms with Gasteiger partial charge >= 0.3 is 0 Å². The topological polar surface area (TPSA) is 55.8 Å². The van der Waals surface area contributed by atoms with Gasteiger partial charge in [0.05, 0.1) is 25.9 Å². The van der Waals surface area contributed by atoms with Crippen molar-refractivity contribution in [3.05, 3.63) is 47.5 Å². The SMILES string of the molecule is C.C.C.C.COCCOC(C)CN1C(=O)c2cccc3cccc(c23)C1=O. The summed E-state index contributed by atoms with van der Waals surface area (Å²) in [4.78, 5) is 26.7. The first-order valence-corrected chi connectivity index (χ1v) is 7.62. The summed E-state index contributed by atoms with van der Waals surface area (Å²) in [5, 5.41) is 1.65. The van der Waals surface area contributed by atoms with Crippen molar-refractivity contribution in [2.75, 3.05) is 26.9 Å². The van der Waals surface area contributed by atoms with E-state index in [1.54, 1.807) is 19.2 Å². The normalized spacial score (nSPS) is 13.0. The lowest BCUT2D eigenvalue weighted by Crippen LogP contribution is -2.44. The van der Waals surface area contributed by atoms with Crippen LogP contribution in [0.1, 0.15) is 57.3 Å².